The van der Waals surface area contributed by atoms with Crippen molar-refractivity contribution in [3.63, 3.8) is 0 Å². The molecule has 0 saturated heterocycles. The fourth-order valence-corrected chi connectivity index (χ4v) is 1.42. The summed E-state index contributed by atoms with van der Waals surface area (Å²) >= 11 is 0. The molecule has 2 rings (SSSR count). The Morgan fingerprint density at radius 1 is 1.21 bits per heavy atom. The first-order valence-corrected chi connectivity index (χ1v) is 5.02. The van der Waals surface area contributed by atoms with Crippen molar-refractivity contribution in [1.29, 1.82) is 0 Å². The lowest BCUT2D eigenvalue weighted by Gasteiger charge is -2.00. The van der Waals surface area contributed by atoms with Gasteiger partial charge < -0.3 is 0 Å². The molecule has 1 unspecified atom stereocenters. The van der Waals surface area contributed by atoms with Crippen molar-refractivity contribution in [1.82, 2.24) is 9.97 Å². The second kappa shape index (κ2) is 3.74. The predicted molar refractivity (Wildman–Crippen MR) is 58.6 cm³/mol. The first kappa shape index (κ1) is 9.13. The predicted octanol–water partition coefficient (Wildman–Crippen LogP) is 2.72. The molecule has 1 heterocycles. The molecule has 1 aromatic rings. The molecule has 1 atom stereocenters. The Bertz CT molecular complexity index is 391. The lowest BCUT2D eigenvalue weighted by atomic mass is 10.2. The Labute approximate surface area is 84.4 Å². The summed E-state index contributed by atoms with van der Waals surface area (Å²) in [5, 5.41) is 0. The molecule has 72 valence electrons. The average Bonchev–Trinajstić information content (AvgIpc) is 2.40. The summed E-state index contributed by atoms with van der Waals surface area (Å²) in [6.45, 7) is 4.24. The van der Waals surface area contributed by atoms with E-state index in [1.807, 2.05) is 12.3 Å². The zero-order chi connectivity index (χ0) is 9.97. The van der Waals surface area contributed by atoms with E-state index < -0.39 is 0 Å². The van der Waals surface area contributed by atoms with Crippen LogP contribution in [0.3, 0.4) is 0 Å². The van der Waals surface area contributed by atoms with Gasteiger partial charge >= 0.3 is 0 Å². The first-order chi connectivity index (χ1) is 6.79. The standard InChI is InChI=1S/C12H14N2/c1-3-10-8-13-11-6-4-9(2)5-7-12(11)14-10/h4-9H,3H2,1-2H3. The van der Waals surface area contributed by atoms with Crippen molar-refractivity contribution in [2.75, 3.05) is 0 Å². The van der Waals surface area contributed by atoms with Crippen LogP contribution in [0.15, 0.2) is 18.3 Å². The summed E-state index contributed by atoms with van der Waals surface area (Å²) in [6, 6.07) is 0. The Morgan fingerprint density at radius 2 is 1.93 bits per heavy atom. The van der Waals surface area contributed by atoms with E-state index in [-0.39, 0.29) is 0 Å². The summed E-state index contributed by atoms with van der Waals surface area (Å²) in [7, 11) is 0. The highest BCUT2D eigenvalue weighted by Crippen LogP contribution is 2.16. The number of aromatic nitrogens is 2. The zero-order valence-electron chi connectivity index (χ0n) is 8.57. The number of aryl methyl sites for hydroxylation is 1. The van der Waals surface area contributed by atoms with Gasteiger partial charge in [0.15, 0.2) is 0 Å². The molecule has 0 spiro atoms. The molecule has 0 fully saturated rings. The van der Waals surface area contributed by atoms with Crippen LogP contribution in [-0.4, -0.2) is 9.97 Å². The highest BCUT2D eigenvalue weighted by Gasteiger charge is 2.05. The van der Waals surface area contributed by atoms with Gasteiger partial charge in [0.1, 0.15) is 0 Å². The van der Waals surface area contributed by atoms with Gasteiger partial charge in [-0.2, -0.15) is 0 Å². The Balaban J connectivity index is 2.47. The molecule has 14 heavy (non-hydrogen) atoms. The molecule has 2 nitrogen and oxygen atoms in total. The Hall–Kier alpha value is -1.44. The molecule has 0 saturated carbocycles. The minimum Gasteiger partial charge on any atom is -0.253 e. The van der Waals surface area contributed by atoms with E-state index in [9.17, 15) is 0 Å². The summed E-state index contributed by atoms with van der Waals surface area (Å²) in [5.41, 5.74) is 3.02. The number of hydrogen-bond donors (Lipinski definition) is 0. The van der Waals surface area contributed by atoms with Gasteiger partial charge in [0, 0.05) is 6.20 Å². The van der Waals surface area contributed by atoms with Crippen LogP contribution in [0.4, 0.5) is 0 Å². The maximum Gasteiger partial charge on any atom is 0.0887 e. The summed E-state index contributed by atoms with van der Waals surface area (Å²) in [4.78, 5) is 8.91. The van der Waals surface area contributed by atoms with Gasteiger partial charge in [-0.3, -0.25) is 4.98 Å². The van der Waals surface area contributed by atoms with Gasteiger partial charge in [0.25, 0.3) is 0 Å². The van der Waals surface area contributed by atoms with Crippen LogP contribution in [0.1, 0.15) is 30.9 Å². The van der Waals surface area contributed by atoms with Crippen molar-refractivity contribution < 1.29 is 0 Å². The Morgan fingerprint density at radius 3 is 2.64 bits per heavy atom. The van der Waals surface area contributed by atoms with Gasteiger partial charge in [-0.05, 0) is 24.5 Å². The third kappa shape index (κ3) is 1.74. The van der Waals surface area contributed by atoms with Crippen molar-refractivity contribution in [3.05, 3.63) is 35.4 Å². The van der Waals surface area contributed by atoms with E-state index in [0.29, 0.717) is 5.92 Å². The SMILES string of the molecule is CCc1cnc2c(n1)C=CC(C)C=C2. The number of hydrogen-bond acceptors (Lipinski definition) is 2. The Kier molecular flexibility index (Phi) is 2.44. The quantitative estimate of drug-likeness (QED) is 0.674. The second-order valence-corrected chi connectivity index (χ2v) is 3.56. The molecule has 1 aromatic heterocycles. The summed E-state index contributed by atoms with van der Waals surface area (Å²) in [5.74, 6) is 0.469. The molecule has 1 aliphatic rings. The lowest BCUT2D eigenvalue weighted by molar-refractivity contribution is 0.953. The second-order valence-electron chi connectivity index (χ2n) is 3.56. The average molecular weight is 186 g/mol. The molecular formula is C12H14N2. The largest absolute Gasteiger partial charge is 0.253 e. The maximum atomic E-state index is 4.53. The molecule has 0 aromatic carbocycles. The first-order valence-electron chi connectivity index (χ1n) is 5.02. The van der Waals surface area contributed by atoms with Crippen LogP contribution >= 0.6 is 0 Å². The lowest BCUT2D eigenvalue weighted by Crippen LogP contribution is -1.95. The fraction of sp³-hybridized carbons (Fsp3) is 0.333. The van der Waals surface area contributed by atoms with Crippen LogP contribution in [0.2, 0.25) is 0 Å². The van der Waals surface area contributed by atoms with Crippen molar-refractivity contribution in [2.45, 2.75) is 20.3 Å². The maximum absolute atomic E-state index is 4.53. The molecule has 0 N–H and O–H groups in total. The minimum absolute atomic E-state index is 0.469. The number of allylic oxidation sites excluding steroid dienone is 2. The van der Waals surface area contributed by atoms with Gasteiger partial charge in [-0.15, -0.1) is 0 Å². The van der Waals surface area contributed by atoms with Gasteiger partial charge in [0.2, 0.25) is 0 Å². The van der Waals surface area contributed by atoms with Crippen LogP contribution in [0, 0.1) is 5.92 Å². The fourth-order valence-electron chi connectivity index (χ4n) is 1.42. The normalized spacial score (nSPS) is 19.1. The van der Waals surface area contributed by atoms with Crippen LogP contribution in [0.25, 0.3) is 12.2 Å². The molecular weight excluding hydrogens is 172 g/mol. The van der Waals surface area contributed by atoms with Gasteiger partial charge in [0.05, 0.1) is 17.1 Å². The van der Waals surface area contributed by atoms with Crippen molar-refractivity contribution >= 4 is 12.2 Å². The third-order valence-corrected chi connectivity index (χ3v) is 2.36. The molecule has 2 heteroatoms. The van der Waals surface area contributed by atoms with Gasteiger partial charge in [-0.25, -0.2) is 4.98 Å². The van der Waals surface area contributed by atoms with E-state index in [0.717, 1.165) is 23.5 Å². The summed E-state index contributed by atoms with van der Waals surface area (Å²) in [6.07, 6.45) is 11.2. The summed E-state index contributed by atoms with van der Waals surface area (Å²) < 4.78 is 0. The third-order valence-electron chi connectivity index (χ3n) is 2.36. The molecule has 1 aliphatic carbocycles. The van der Waals surface area contributed by atoms with Crippen LogP contribution < -0.4 is 0 Å². The van der Waals surface area contributed by atoms with E-state index >= 15 is 0 Å². The molecule has 0 radical (unpaired) electrons. The van der Waals surface area contributed by atoms with Crippen LogP contribution in [0.5, 0.6) is 0 Å². The van der Waals surface area contributed by atoms with Gasteiger partial charge in [-0.1, -0.05) is 26.0 Å². The molecule has 0 amide bonds. The van der Waals surface area contributed by atoms with E-state index in [4.69, 9.17) is 0 Å². The topological polar surface area (TPSA) is 25.8 Å². The highest BCUT2D eigenvalue weighted by atomic mass is 14.8. The monoisotopic (exact) mass is 186 g/mol. The number of rotatable bonds is 1. The van der Waals surface area contributed by atoms with Crippen molar-refractivity contribution in [2.24, 2.45) is 5.92 Å². The minimum atomic E-state index is 0.469. The van der Waals surface area contributed by atoms with E-state index in [1.165, 1.54) is 0 Å². The van der Waals surface area contributed by atoms with Crippen LogP contribution in [-0.2, 0) is 6.42 Å². The number of nitrogens with zero attached hydrogens (tertiary/aromatic N) is 2. The highest BCUT2D eigenvalue weighted by molar-refractivity contribution is 5.62. The van der Waals surface area contributed by atoms with Crippen molar-refractivity contribution in [3.8, 4) is 0 Å². The smallest absolute Gasteiger partial charge is 0.0887 e. The molecule has 0 aliphatic heterocycles. The van der Waals surface area contributed by atoms with E-state index in [2.05, 4.69) is 42.0 Å². The zero-order valence-corrected chi connectivity index (χ0v) is 8.57. The molecule has 0 bridgehead atoms. The number of fused-ring (bicyclic) bond motifs is 1. The van der Waals surface area contributed by atoms with E-state index in [1.54, 1.807) is 0 Å².